The first-order valence-electron chi connectivity index (χ1n) is 6.80. The molecule has 1 radical (unpaired) electrons. The van der Waals surface area contributed by atoms with E-state index in [-0.39, 0.29) is 0 Å². The molecule has 99 valence electrons. The van der Waals surface area contributed by atoms with E-state index in [9.17, 15) is 0 Å². The Kier molecular flexibility index (Phi) is 3.69. The molecule has 0 atom stereocenters. The van der Waals surface area contributed by atoms with Crippen LogP contribution in [0.5, 0.6) is 5.75 Å². The molecule has 1 heteroatoms. The Morgan fingerprint density at radius 2 is 1.70 bits per heavy atom. The van der Waals surface area contributed by atoms with E-state index in [1.54, 1.807) is 7.11 Å². The Morgan fingerprint density at radius 3 is 2.55 bits per heavy atom. The van der Waals surface area contributed by atoms with Crippen LogP contribution in [0.1, 0.15) is 11.1 Å². The normalized spacial score (nSPS) is 10.7. The van der Waals surface area contributed by atoms with Crippen LogP contribution >= 0.6 is 0 Å². The van der Waals surface area contributed by atoms with Gasteiger partial charge in [-0.15, -0.1) is 0 Å². The van der Waals surface area contributed by atoms with Gasteiger partial charge in [0.25, 0.3) is 0 Å². The van der Waals surface area contributed by atoms with Gasteiger partial charge in [-0.1, -0.05) is 54.6 Å². The maximum atomic E-state index is 5.25. The van der Waals surface area contributed by atoms with Crippen LogP contribution in [-0.2, 0) is 6.42 Å². The van der Waals surface area contributed by atoms with Crippen molar-refractivity contribution < 1.29 is 4.74 Å². The minimum Gasteiger partial charge on any atom is -0.497 e. The van der Waals surface area contributed by atoms with Crippen molar-refractivity contribution in [3.63, 3.8) is 0 Å². The standard InChI is InChI=1S/C19H17O/c1-20-19-8-4-5-15(14-19)9-10-16-11-12-17-6-2-3-7-18(17)13-16/h2-8,10-14H,9H2,1H3. The molecule has 0 spiro atoms. The highest BCUT2D eigenvalue weighted by Gasteiger charge is 2.00. The molecule has 0 unspecified atom stereocenters. The van der Waals surface area contributed by atoms with E-state index in [4.69, 9.17) is 4.74 Å². The number of ether oxygens (including phenoxy) is 1. The van der Waals surface area contributed by atoms with Gasteiger partial charge < -0.3 is 4.74 Å². The van der Waals surface area contributed by atoms with Crippen LogP contribution in [-0.4, -0.2) is 7.11 Å². The summed E-state index contributed by atoms with van der Waals surface area (Å²) in [5.41, 5.74) is 2.52. The predicted molar refractivity (Wildman–Crippen MR) is 84.0 cm³/mol. The summed E-state index contributed by atoms with van der Waals surface area (Å²) in [6.45, 7) is 0. The van der Waals surface area contributed by atoms with Crippen LogP contribution in [0, 0.1) is 6.42 Å². The van der Waals surface area contributed by atoms with Crippen LogP contribution in [0.25, 0.3) is 10.8 Å². The molecule has 0 saturated carbocycles. The monoisotopic (exact) mass is 261 g/mol. The fourth-order valence-electron chi connectivity index (χ4n) is 2.37. The zero-order chi connectivity index (χ0) is 13.8. The largest absolute Gasteiger partial charge is 0.497 e. The minimum atomic E-state index is 0.911. The minimum absolute atomic E-state index is 0.911. The van der Waals surface area contributed by atoms with Gasteiger partial charge in [-0.05, 0) is 46.9 Å². The maximum Gasteiger partial charge on any atom is 0.119 e. The first kappa shape index (κ1) is 12.7. The van der Waals surface area contributed by atoms with E-state index in [0.29, 0.717) is 0 Å². The number of hydrogen-bond acceptors (Lipinski definition) is 1. The Morgan fingerprint density at radius 1 is 0.850 bits per heavy atom. The second kappa shape index (κ2) is 5.79. The van der Waals surface area contributed by atoms with Crippen molar-refractivity contribution in [3.05, 3.63) is 84.3 Å². The molecule has 1 nitrogen and oxygen atoms in total. The highest BCUT2D eigenvalue weighted by atomic mass is 16.5. The van der Waals surface area contributed by atoms with Gasteiger partial charge >= 0.3 is 0 Å². The van der Waals surface area contributed by atoms with E-state index < -0.39 is 0 Å². The van der Waals surface area contributed by atoms with E-state index in [0.717, 1.165) is 12.2 Å². The van der Waals surface area contributed by atoms with E-state index >= 15 is 0 Å². The third-order valence-corrected chi connectivity index (χ3v) is 3.48. The molecule has 0 aliphatic heterocycles. The Bertz CT molecular complexity index is 716. The van der Waals surface area contributed by atoms with Gasteiger partial charge in [0.2, 0.25) is 0 Å². The van der Waals surface area contributed by atoms with Gasteiger partial charge in [-0.3, -0.25) is 0 Å². The lowest BCUT2D eigenvalue weighted by molar-refractivity contribution is 0.414. The second-order valence-corrected chi connectivity index (χ2v) is 4.87. The van der Waals surface area contributed by atoms with Crippen molar-refractivity contribution in [3.8, 4) is 5.75 Å². The highest BCUT2D eigenvalue weighted by Crippen LogP contribution is 2.19. The number of fused-ring (bicyclic) bond motifs is 1. The van der Waals surface area contributed by atoms with Gasteiger partial charge in [-0.25, -0.2) is 0 Å². The smallest absolute Gasteiger partial charge is 0.119 e. The summed E-state index contributed by atoms with van der Waals surface area (Å²) < 4.78 is 5.25. The van der Waals surface area contributed by atoms with Crippen molar-refractivity contribution in [2.45, 2.75) is 6.42 Å². The Hall–Kier alpha value is -2.28. The lowest BCUT2D eigenvalue weighted by Crippen LogP contribution is -1.90. The van der Waals surface area contributed by atoms with E-state index in [1.165, 1.54) is 21.9 Å². The summed E-state index contributed by atoms with van der Waals surface area (Å²) in [6, 6.07) is 23.2. The fourth-order valence-corrected chi connectivity index (χ4v) is 2.37. The van der Waals surface area contributed by atoms with Crippen LogP contribution in [0.15, 0.2) is 66.7 Å². The van der Waals surface area contributed by atoms with Gasteiger partial charge in [0.05, 0.1) is 7.11 Å². The zero-order valence-electron chi connectivity index (χ0n) is 11.5. The maximum absolute atomic E-state index is 5.25. The topological polar surface area (TPSA) is 9.23 Å². The number of hydrogen-bond donors (Lipinski definition) is 0. The lowest BCUT2D eigenvalue weighted by Gasteiger charge is -2.06. The molecule has 20 heavy (non-hydrogen) atoms. The summed E-state index contributed by atoms with van der Waals surface area (Å²) in [5, 5.41) is 2.57. The summed E-state index contributed by atoms with van der Waals surface area (Å²) in [4.78, 5) is 0. The van der Waals surface area contributed by atoms with Crippen LogP contribution in [0.3, 0.4) is 0 Å². The van der Waals surface area contributed by atoms with Crippen molar-refractivity contribution in [1.82, 2.24) is 0 Å². The van der Waals surface area contributed by atoms with E-state index in [2.05, 4.69) is 61.0 Å². The lowest BCUT2D eigenvalue weighted by atomic mass is 10.0. The summed E-state index contributed by atoms with van der Waals surface area (Å²) >= 11 is 0. The molecule has 0 heterocycles. The number of benzene rings is 3. The average Bonchev–Trinajstić information content (AvgIpc) is 2.53. The SMILES string of the molecule is COc1cccc(C[CH]c2ccc3ccccc3c2)c1. The quantitative estimate of drug-likeness (QED) is 0.664. The molecule has 0 aromatic heterocycles. The molecule has 0 saturated heterocycles. The zero-order valence-corrected chi connectivity index (χ0v) is 11.5. The molecule has 0 bridgehead atoms. The molecular weight excluding hydrogens is 244 g/mol. The van der Waals surface area contributed by atoms with Crippen LogP contribution in [0.4, 0.5) is 0 Å². The van der Waals surface area contributed by atoms with Gasteiger partial charge in [-0.2, -0.15) is 0 Å². The van der Waals surface area contributed by atoms with Gasteiger partial charge in [0, 0.05) is 0 Å². The highest BCUT2D eigenvalue weighted by molar-refractivity contribution is 5.83. The Labute approximate surface area is 119 Å². The summed E-state index contributed by atoms with van der Waals surface area (Å²) in [7, 11) is 1.70. The third-order valence-electron chi connectivity index (χ3n) is 3.48. The summed E-state index contributed by atoms with van der Waals surface area (Å²) in [6.07, 6.45) is 3.16. The Balaban J connectivity index is 1.76. The molecule has 0 aliphatic carbocycles. The average molecular weight is 261 g/mol. The van der Waals surface area contributed by atoms with Crippen LogP contribution < -0.4 is 4.74 Å². The molecular formula is C19H17O. The molecule has 0 amide bonds. The number of rotatable bonds is 4. The van der Waals surface area contributed by atoms with Crippen molar-refractivity contribution in [2.75, 3.05) is 7.11 Å². The van der Waals surface area contributed by atoms with Crippen LogP contribution in [0.2, 0.25) is 0 Å². The first-order chi connectivity index (χ1) is 9.85. The van der Waals surface area contributed by atoms with Crippen molar-refractivity contribution in [2.24, 2.45) is 0 Å². The molecule has 0 fully saturated rings. The van der Waals surface area contributed by atoms with Gasteiger partial charge in [0.15, 0.2) is 0 Å². The molecule has 3 aromatic carbocycles. The number of methoxy groups -OCH3 is 1. The second-order valence-electron chi connectivity index (χ2n) is 4.87. The van der Waals surface area contributed by atoms with E-state index in [1.807, 2.05) is 12.1 Å². The molecule has 0 N–H and O–H groups in total. The van der Waals surface area contributed by atoms with Crippen molar-refractivity contribution in [1.29, 1.82) is 0 Å². The third kappa shape index (κ3) is 2.83. The molecule has 3 rings (SSSR count). The molecule has 0 aliphatic rings. The van der Waals surface area contributed by atoms with Gasteiger partial charge in [0.1, 0.15) is 5.75 Å². The summed E-state index contributed by atoms with van der Waals surface area (Å²) in [5.74, 6) is 0.911. The predicted octanol–water partition coefficient (Wildman–Crippen LogP) is 4.64. The molecule has 3 aromatic rings. The first-order valence-corrected chi connectivity index (χ1v) is 6.80. The van der Waals surface area contributed by atoms with Crippen molar-refractivity contribution >= 4 is 10.8 Å². The fraction of sp³-hybridized carbons (Fsp3) is 0.105.